The van der Waals surface area contributed by atoms with Gasteiger partial charge in [0.15, 0.2) is 5.69 Å². The SMILES string of the molecule is CCCCC(CC)COC(=O)n1nc(C(=O)O)c2ccccc21. The molecule has 6 nitrogen and oxygen atoms in total. The molecule has 23 heavy (non-hydrogen) atoms. The van der Waals surface area contributed by atoms with E-state index in [1.165, 1.54) is 0 Å². The molecule has 0 amide bonds. The molecule has 1 atom stereocenters. The van der Waals surface area contributed by atoms with Gasteiger partial charge in [-0.1, -0.05) is 51.3 Å². The van der Waals surface area contributed by atoms with Crippen LogP contribution >= 0.6 is 0 Å². The molecule has 1 aromatic heterocycles. The Bertz CT molecular complexity index is 693. The zero-order valence-electron chi connectivity index (χ0n) is 13.5. The maximum Gasteiger partial charge on any atom is 0.435 e. The standard InChI is InChI=1S/C17H22N2O4/c1-3-5-8-12(4-2)11-23-17(22)19-14-10-7-6-9-13(14)15(18-19)16(20)21/h6-7,9-10,12H,3-5,8,11H2,1-2H3,(H,20,21). The van der Waals surface area contributed by atoms with Gasteiger partial charge in [-0.25, -0.2) is 9.59 Å². The predicted molar refractivity (Wildman–Crippen MR) is 86.7 cm³/mol. The molecule has 1 aromatic carbocycles. The van der Waals surface area contributed by atoms with Crippen molar-refractivity contribution in [3.63, 3.8) is 0 Å². The van der Waals surface area contributed by atoms with E-state index in [0.29, 0.717) is 23.4 Å². The number of para-hydroxylation sites is 1. The number of carbonyl (C=O) groups excluding carboxylic acids is 1. The number of carboxylic acid groups (broad SMARTS) is 1. The zero-order chi connectivity index (χ0) is 16.8. The van der Waals surface area contributed by atoms with Crippen LogP contribution in [0.3, 0.4) is 0 Å². The first-order chi connectivity index (χ1) is 11.1. The number of hydrogen-bond acceptors (Lipinski definition) is 4. The Morgan fingerprint density at radius 3 is 2.70 bits per heavy atom. The van der Waals surface area contributed by atoms with Crippen molar-refractivity contribution in [3.8, 4) is 0 Å². The van der Waals surface area contributed by atoms with E-state index in [0.717, 1.165) is 30.4 Å². The molecule has 1 heterocycles. The van der Waals surface area contributed by atoms with Crippen LogP contribution in [0.2, 0.25) is 0 Å². The number of carboxylic acids is 1. The molecule has 0 bridgehead atoms. The number of fused-ring (bicyclic) bond motifs is 1. The largest absolute Gasteiger partial charge is 0.476 e. The Morgan fingerprint density at radius 2 is 2.04 bits per heavy atom. The summed E-state index contributed by atoms with van der Waals surface area (Å²) in [5.74, 6) is -0.846. The Kier molecular flexibility index (Phi) is 5.73. The van der Waals surface area contributed by atoms with Crippen molar-refractivity contribution in [1.82, 2.24) is 9.78 Å². The normalized spacial score (nSPS) is 12.3. The monoisotopic (exact) mass is 318 g/mol. The molecule has 2 aromatic rings. The highest BCUT2D eigenvalue weighted by Crippen LogP contribution is 2.19. The second-order valence-corrected chi connectivity index (χ2v) is 5.58. The van der Waals surface area contributed by atoms with Crippen LogP contribution in [0.5, 0.6) is 0 Å². The third-order valence-corrected chi connectivity index (χ3v) is 3.95. The van der Waals surface area contributed by atoms with Crippen LogP contribution in [0.4, 0.5) is 4.79 Å². The number of aromatic carboxylic acids is 1. The molecule has 0 radical (unpaired) electrons. The summed E-state index contributed by atoms with van der Waals surface area (Å²) < 4.78 is 6.38. The lowest BCUT2D eigenvalue weighted by atomic mass is 10.0. The van der Waals surface area contributed by atoms with E-state index in [9.17, 15) is 14.7 Å². The molecule has 0 aliphatic rings. The van der Waals surface area contributed by atoms with E-state index in [4.69, 9.17) is 4.74 Å². The third-order valence-electron chi connectivity index (χ3n) is 3.95. The van der Waals surface area contributed by atoms with Crippen LogP contribution in [-0.4, -0.2) is 33.6 Å². The van der Waals surface area contributed by atoms with Crippen molar-refractivity contribution in [1.29, 1.82) is 0 Å². The third kappa shape index (κ3) is 3.88. The Hall–Kier alpha value is -2.37. The Morgan fingerprint density at radius 1 is 1.30 bits per heavy atom. The second kappa shape index (κ2) is 7.76. The van der Waals surface area contributed by atoms with Gasteiger partial charge in [0.05, 0.1) is 12.1 Å². The fraction of sp³-hybridized carbons (Fsp3) is 0.471. The molecule has 0 saturated heterocycles. The fourth-order valence-corrected chi connectivity index (χ4v) is 2.51. The van der Waals surface area contributed by atoms with E-state index in [-0.39, 0.29) is 5.69 Å². The predicted octanol–water partition coefficient (Wildman–Crippen LogP) is 3.94. The van der Waals surface area contributed by atoms with E-state index in [1.807, 2.05) is 0 Å². The summed E-state index contributed by atoms with van der Waals surface area (Å²) in [6.45, 7) is 4.52. The lowest BCUT2D eigenvalue weighted by Crippen LogP contribution is -2.20. The second-order valence-electron chi connectivity index (χ2n) is 5.58. The van der Waals surface area contributed by atoms with Crippen LogP contribution in [-0.2, 0) is 4.74 Å². The molecule has 1 N–H and O–H groups in total. The number of hydrogen-bond donors (Lipinski definition) is 1. The maximum atomic E-state index is 12.3. The van der Waals surface area contributed by atoms with Crippen LogP contribution in [0.15, 0.2) is 24.3 Å². The topological polar surface area (TPSA) is 81.4 Å². The lowest BCUT2D eigenvalue weighted by molar-refractivity contribution is 0.0691. The summed E-state index contributed by atoms with van der Waals surface area (Å²) in [4.78, 5) is 23.5. The number of nitrogens with zero attached hydrogens (tertiary/aromatic N) is 2. The van der Waals surface area contributed by atoms with Gasteiger partial charge in [-0.15, -0.1) is 0 Å². The molecule has 124 valence electrons. The average Bonchev–Trinajstić information content (AvgIpc) is 2.95. The minimum atomic E-state index is -1.16. The molecule has 0 aliphatic carbocycles. The number of rotatable bonds is 7. The van der Waals surface area contributed by atoms with Crippen molar-refractivity contribution in [2.24, 2.45) is 5.92 Å². The number of ether oxygens (including phenoxy) is 1. The number of benzene rings is 1. The Labute approximate surface area is 135 Å². The molecule has 0 aliphatic heterocycles. The summed E-state index contributed by atoms with van der Waals surface area (Å²) in [7, 11) is 0. The van der Waals surface area contributed by atoms with E-state index < -0.39 is 12.1 Å². The van der Waals surface area contributed by atoms with Crippen molar-refractivity contribution in [2.45, 2.75) is 39.5 Å². The quantitative estimate of drug-likeness (QED) is 0.836. The van der Waals surface area contributed by atoms with Crippen LogP contribution in [0, 0.1) is 5.92 Å². The van der Waals surface area contributed by atoms with Gasteiger partial charge in [-0.3, -0.25) is 0 Å². The van der Waals surface area contributed by atoms with Crippen molar-refractivity contribution in [3.05, 3.63) is 30.0 Å². The zero-order valence-corrected chi connectivity index (χ0v) is 13.5. The number of aromatic nitrogens is 2. The molecular weight excluding hydrogens is 296 g/mol. The first kappa shape index (κ1) is 17.0. The average molecular weight is 318 g/mol. The van der Waals surface area contributed by atoms with Gasteiger partial charge in [-0.2, -0.15) is 9.78 Å². The molecule has 6 heteroatoms. The first-order valence-electron chi connectivity index (χ1n) is 7.96. The molecular formula is C17H22N2O4. The van der Waals surface area contributed by atoms with Crippen molar-refractivity contribution >= 4 is 23.0 Å². The van der Waals surface area contributed by atoms with Gasteiger partial charge in [0.25, 0.3) is 0 Å². The summed E-state index contributed by atoms with van der Waals surface area (Å²) in [5.41, 5.74) is 0.298. The van der Waals surface area contributed by atoms with E-state index >= 15 is 0 Å². The Balaban J connectivity index is 2.16. The van der Waals surface area contributed by atoms with Gasteiger partial charge in [0.1, 0.15) is 0 Å². The molecule has 0 fully saturated rings. The van der Waals surface area contributed by atoms with Crippen LogP contribution < -0.4 is 0 Å². The minimum Gasteiger partial charge on any atom is -0.476 e. The van der Waals surface area contributed by atoms with Gasteiger partial charge in [-0.05, 0) is 18.4 Å². The summed E-state index contributed by atoms with van der Waals surface area (Å²) in [6, 6.07) is 6.73. The molecule has 1 unspecified atom stereocenters. The molecule has 0 saturated carbocycles. The summed E-state index contributed by atoms with van der Waals surface area (Å²) >= 11 is 0. The molecule has 0 spiro atoms. The maximum absolute atomic E-state index is 12.3. The highest BCUT2D eigenvalue weighted by molar-refractivity contribution is 6.03. The highest BCUT2D eigenvalue weighted by atomic mass is 16.6. The number of carbonyl (C=O) groups is 2. The van der Waals surface area contributed by atoms with Crippen molar-refractivity contribution < 1.29 is 19.4 Å². The molecule has 2 rings (SSSR count). The van der Waals surface area contributed by atoms with E-state index in [1.54, 1.807) is 24.3 Å². The smallest absolute Gasteiger partial charge is 0.435 e. The minimum absolute atomic E-state index is 0.143. The summed E-state index contributed by atoms with van der Waals surface area (Å²) in [6.07, 6.45) is 3.53. The van der Waals surface area contributed by atoms with Crippen molar-refractivity contribution in [2.75, 3.05) is 6.61 Å². The van der Waals surface area contributed by atoms with Gasteiger partial charge in [0, 0.05) is 5.39 Å². The van der Waals surface area contributed by atoms with Gasteiger partial charge < -0.3 is 9.84 Å². The van der Waals surface area contributed by atoms with Crippen LogP contribution in [0.25, 0.3) is 10.9 Å². The fourth-order valence-electron chi connectivity index (χ4n) is 2.51. The first-order valence-corrected chi connectivity index (χ1v) is 7.96. The number of unbranched alkanes of at least 4 members (excludes halogenated alkanes) is 1. The lowest BCUT2D eigenvalue weighted by Gasteiger charge is -2.14. The highest BCUT2D eigenvalue weighted by Gasteiger charge is 2.21. The van der Waals surface area contributed by atoms with Gasteiger partial charge >= 0.3 is 12.1 Å². The van der Waals surface area contributed by atoms with Crippen LogP contribution in [0.1, 0.15) is 50.0 Å². The van der Waals surface area contributed by atoms with E-state index in [2.05, 4.69) is 18.9 Å². The van der Waals surface area contributed by atoms with Gasteiger partial charge in [0.2, 0.25) is 0 Å². The summed E-state index contributed by atoms with van der Waals surface area (Å²) in [5, 5.41) is 13.5.